The third-order valence-electron chi connectivity index (χ3n) is 3.75. The van der Waals surface area contributed by atoms with Gasteiger partial charge in [0.25, 0.3) is 0 Å². The van der Waals surface area contributed by atoms with Crippen molar-refractivity contribution < 1.29 is 18.3 Å². The second-order valence-corrected chi connectivity index (χ2v) is 9.01. The highest BCUT2D eigenvalue weighted by Crippen LogP contribution is 2.25. The van der Waals surface area contributed by atoms with Gasteiger partial charge in [-0.15, -0.1) is 0 Å². The first-order valence-electron chi connectivity index (χ1n) is 7.30. The molecule has 6 heteroatoms. The molecule has 1 N–H and O–H groups in total. The van der Waals surface area contributed by atoms with Crippen LogP contribution in [0.3, 0.4) is 0 Å². The van der Waals surface area contributed by atoms with Gasteiger partial charge >= 0.3 is 5.97 Å². The zero-order valence-electron chi connectivity index (χ0n) is 12.8. The van der Waals surface area contributed by atoms with Crippen LogP contribution >= 0.6 is 0 Å². The molecule has 1 rings (SSSR count). The van der Waals surface area contributed by atoms with Gasteiger partial charge in [-0.2, -0.15) is 0 Å². The molecule has 0 amide bonds. The molecule has 0 aliphatic carbocycles. The minimum Gasteiger partial charge on any atom is -0.481 e. The molecule has 1 unspecified atom stereocenters. The van der Waals surface area contributed by atoms with Crippen molar-refractivity contribution >= 4 is 16.0 Å². The zero-order valence-corrected chi connectivity index (χ0v) is 13.6. The lowest BCUT2D eigenvalue weighted by Gasteiger charge is -2.32. The lowest BCUT2D eigenvalue weighted by atomic mass is 9.94. The molecule has 0 aromatic rings. The lowest BCUT2D eigenvalue weighted by molar-refractivity contribution is -0.137. The first-order valence-corrected chi connectivity index (χ1v) is 8.91. The summed E-state index contributed by atoms with van der Waals surface area (Å²) in [7, 11) is -3.20. The molecule has 20 heavy (non-hydrogen) atoms. The van der Waals surface area contributed by atoms with Gasteiger partial charge < -0.3 is 5.11 Å². The quantitative estimate of drug-likeness (QED) is 0.817. The molecular formula is C14H27NO4S. The number of carboxylic acid groups (broad SMARTS) is 1. The molecule has 1 aliphatic rings. The van der Waals surface area contributed by atoms with E-state index in [0.29, 0.717) is 25.9 Å². The fourth-order valence-electron chi connectivity index (χ4n) is 2.41. The normalized spacial score (nSPS) is 21.9. The molecule has 0 bridgehead atoms. The predicted molar refractivity (Wildman–Crippen MR) is 79.0 cm³/mol. The standard InChI is InChI=1S/C14H27NO4S/c1-14(2,3)8-10-20(18,19)15-9-4-5-12(11-15)6-7-13(16)17/h12H,4-11H2,1-3H3,(H,16,17). The van der Waals surface area contributed by atoms with Gasteiger partial charge in [0.2, 0.25) is 10.0 Å². The maximum absolute atomic E-state index is 12.3. The Morgan fingerprint density at radius 2 is 2.00 bits per heavy atom. The number of piperidine rings is 1. The fraction of sp³-hybridized carbons (Fsp3) is 0.929. The number of hydrogen-bond donors (Lipinski definition) is 1. The van der Waals surface area contributed by atoms with E-state index < -0.39 is 16.0 Å². The van der Waals surface area contributed by atoms with Crippen LogP contribution in [0.25, 0.3) is 0 Å². The SMILES string of the molecule is CC(C)(C)CCS(=O)(=O)N1CCCC(CCC(=O)O)C1. The molecule has 1 fully saturated rings. The van der Waals surface area contributed by atoms with E-state index in [4.69, 9.17) is 5.11 Å². The number of hydrogen-bond acceptors (Lipinski definition) is 3. The van der Waals surface area contributed by atoms with E-state index in [0.717, 1.165) is 12.8 Å². The minimum absolute atomic E-state index is 0.00552. The van der Waals surface area contributed by atoms with E-state index in [2.05, 4.69) is 0 Å². The first kappa shape index (κ1) is 17.4. The number of rotatable bonds is 6. The van der Waals surface area contributed by atoms with Crippen molar-refractivity contribution in [3.8, 4) is 0 Å². The largest absolute Gasteiger partial charge is 0.481 e. The third kappa shape index (κ3) is 6.22. The van der Waals surface area contributed by atoms with Crippen molar-refractivity contribution in [2.75, 3.05) is 18.8 Å². The maximum atomic E-state index is 12.3. The Kier molecular flexibility index (Phi) is 6.01. The summed E-state index contributed by atoms with van der Waals surface area (Å²) >= 11 is 0. The summed E-state index contributed by atoms with van der Waals surface area (Å²) in [4.78, 5) is 10.6. The van der Waals surface area contributed by atoms with Gasteiger partial charge in [0, 0.05) is 19.5 Å². The lowest BCUT2D eigenvalue weighted by Crippen LogP contribution is -2.41. The average Bonchev–Trinajstić information content (AvgIpc) is 2.34. The van der Waals surface area contributed by atoms with Crippen molar-refractivity contribution in [1.29, 1.82) is 0 Å². The number of sulfonamides is 1. The summed E-state index contributed by atoms with van der Waals surface area (Å²) < 4.78 is 26.2. The van der Waals surface area contributed by atoms with Gasteiger partial charge in [0.1, 0.15) is 0 Å². The van der Waals surface area contributed by atoms with Crippen LogP contribution in [0, 0.1) is 11.3 Å². The second-order valence-electron chi connectivity index (χ2n) is 6.93. The van der Waals surface area contributed by atoms with E-state index in [9.17, 15) is 13.2 Å². The molecule has 0 aromatic heterocycles. The van der Waals surface area contributed by atoms with E-state index in [1.807, 2.05) is 20.8 Å². The Labute approximate surface area is 122 Å². The maximum Gasteiger partial charge on any atom is 0.303 e. The van der Waals surface area contributed by atoms with Gasteiger partial charge in [-0.1, -0.05) is 20.8 Å². The zero-order chi connectivity index (χ0) is 15.4. The summed E-state index contributed by atoms with van der Waals surface area (Å²) in [6.07, 6.45) is 3.10. The molecule has 0 saturated carbocycles. The topological polar surface area (TPSA) is 74.7 Å². The number of aliphatic carboxylic acids is 1. The van der Waals surface area contributed by atoms with Crippen molar-refractivity contribution in [2.45, 2.75) is 52.9 Å². The first-order chi connectivity index (χ1) is 9.10. The Balaban J connectivity index is 2.54. The van der Waals surface area contributed by atoms with E-state index in [1.54, 1.807) is 4.31 Å². The number of nitrogens with zero attached hydrogens (tertiary/aromatic N) is 1. The van der Waals surface area contributed by atoms with Crippen molar-refractivity contribution in [2.24, 2.45) is 11.3 Å². The summed E-state index contributed by atoms with van der Waals surface area (Å²) in [6, 6.07) is 0. The van der Waals surface area contributed by atoms with Gasteiger partial charge in [0.05, 0.1) is 5.75 Å². The monoisotopic (exact) mass is 305 g/mol. The smallest absolute Gasteiger partial charge is 0.303 e. The van der Waals surface area contributed by atoms with Gasteiger partial charge in [-0.05, 0) is 37.0 Å². The van der Waals surface area contributed by atoms with Gasteiger partial charge in [0.15, 0.2) is 0 Å². The van der Waals surface area contributed by atoms with Crippen LogP contribution in [0.4, 0.5) is 0 Å². The van der Waals surface area contributed by atoms with Crippen molar-refractivity contribution in [3.05, 3.63) is 0 Å². The highest BCUT2D eigenvalue weighted by Gasteiger charge is 2.29. The second kappa shape index (κ2) is 6.89. The minimum atomic E-state index is -3.20. The number of carboxylic acids is 1. The molecule has 1 aliphatic heterocycles. The molecule has 1 atom stereocenters. The van der Waals surface area contributed by atoms with Crippen LogP contribution in [0.1, 0.15) is 52.9 Å². The van der Waals surface area contributed by atoms with Crippen LogP contribution in [0.5, 0.6) is 0 Å². The molecule has 0 radical (unpaired) electrons. The van der Waals surface area contributed by atoms with Crippen LogP contribution in [-0.4, -0.2) is 42.6 Å². The van der Waals surface area contributed by atoms with E-state index in [1.165, 1.54) is 0 Å². The fourth-order valence-corrected chi connectivity index (χ4v) is 4.38. The van der Waals surface area contributed by atoms with Crippen LogP contribution in [0.2, 0.25) is 0 Å². The Morgan fingerprint density at radius 3 is 2.55 bits per heavy atom. The Hall–Kier alpha value is -0.620. The Bertz CT molecular complexity index is 425. The van der Waals surface area contributed by atoms with E-state index >= 15 is 0 Å². The summed E-state index contributed by atoms with van der Waals surface area (Å²) in [5, 5.41) is 8.71. The molecule has 5 nitrogen and oxygen atoms in total. The molecule has 118 valence electrons. The summed E-state index contributed by atoms with van der Waals surface area (Å²) in [5.74, 6) is -0.440. The average molecular weight is 305 g/mol. The highest BCUT2D eigenvalue weighted by molar-refractivity contribution is 7.89. The van der Waals surface area contributed by atoms with Crippen molar-refractivity contribution in [3.63, 3.8) is 0 Å². The van der Waals surface area contributed by atoms with Crippen molar-refractivity contribution in [1.82, 2.24) is 4.31 Å². The van der Waals surface area contributed by atoms with Gasteiger partial charge in [-0.3, -0.25) is 4.79 Å². The van der Waals surface area contributed by atoms with Crippen LogP contribution in [0.15, 0.2) is 0 Å². The highest BCUT2D eigenvalue weighted by atomic mass is 32.2. The molecule has 0 spiro atoms. The third-order valence-corrected chi connectivity index (χ3v) is 5.59. The molecule has 1 heterocycles. The molecular weight excluding hydrogens is 278 g/mol. The number of carbonyl (C=O) groups is 1. The predicted octanol–water partition coefficient (Wildman–Crippen LogP) is 2.33. The van der Waals surface area contributed by atoms with Crippen LogP contribution < -0.4 is 0 Å². The van der Waals surface area contributed by atoms with Crippen LogP contribution in [-0.2, 0) is 14.8 Å². The van der Waals surface area contributed by atoms with Gasteiger partial charge in [-0.25, -0.2) is 12.7 Å². The summed E-state index contributed by atoms with van der Waals surface area (Å²) in [6.45, 7) is 7.17. The Morgan fingerprint density at radius 1 is 1.35 bits per heavy atom. The summed E-state index contributed by atoms with van der Waals surface area (Å²) in [5.41, 5.74) is 0.00552. The molecule has 1 saturated heterocycles. The van der Waals surface area contributed by atoms with E-state index in [-0.39, 0.29) is 23.5 Å². The molecule has 0 aromatic carbocycles.